The van der Waals surface area contributed by atoms with Gasteiger partial charge in [-0.2, -0.15) is 0 Å². The Morgan fingerprint density at radius 3 is 2.46 bits per heavy atom. The van der Waals surface area contributed by atoms with Gasteiger partial charge in [0.2, 0.25) is 0 Å². The molecule has 1 aromatic heterocycles. The van der Waals surface area contributed by atoms with E-state index < -0.39 is 0 Å². The second-order valence-corrected chi connectivity index (χ2v) is 5.50. The number of halogens is 1. The van der Waals surface area contributed by atoms with E-state index in [0.717, 1.165) is 10.3 Å². The molecule has 0 amide bonds. The SMILES string of the molecule is NC1CCC(c2ccc(Cl)s2)CC1. The van der Waals surface area contributed by atoms with Crippen LogP contribution in [0.4, 0.5) is 0 Å². The Morgan fingerprint density at radius 2 is 1.92 bits per heavy atom. The second-order valence-electron chi connectivity index (χ2n) is 3.75. The maximum absolute atomic E-state index is 5.90. The molecule has 0 spiro atoms. The molecule has 72 valence electrons. The molecule has 2 N–H and O–H groups in total. The van der Waals surface area contributed by atoms with Gasteiger partial charge < -0.3 is 5.73 Å². The normalized spacial score (nSPS) is 29.1. The molecule has 1 aliphatic carbocycles. The van der Waals surface area contributed by atoms with Crippen LogP contribution in [0.5, 0.6) is 0 Å². The molecular weight excluding hydrogens is 202 g/mol. The van der Waals surface area contributed by atoms with Gasteiger partial charge in [-0.1, -0.05) is 11.6 Å². The van der Waals surface area contributed by atoms with Crippen LogP contribution in [0.15, 0.2) is 12.1 Å². The van der Waals surface area contributed by atoms with Gasteiger partial charge in [0.15, 0.2) is 0 Å². The quantitative estimate of drug-likeness (QED) is 0.764. The van der Waals surface area contributed by atoms with Gasteiger partial charge >= 0.3 is 0 Å². The van der Waals surface area contributed by atoms with Gasteiger partial charge in [0.1, 0.15) is 0 Å². The lowest BCUT2D eigenvalue weighted by atomic mass is 9.86. The van der Waals surface area contributed by atoms with Crippen molar-refractivity contribution < 1.29 is 0 Å². The summed E-state index contributed by atoms with van der Waals surface area (Å²) in [7, 11) is 0. The maximum Gasteiger partial charge on any atom is 0.0931 e. The van der Waals surface area contributed by atoms with Crippen LogP contribution >= 0.6 is 22.9 Å². The number of hydrogen-bond donors (Lipinski definition) is 1. The average Bonchev–Trinajstić information content (AvgIpc) is 2.53. The molecular formula is C10H14ClNS. The number of thiophene rings is 1. The van der Waals surface area contributed by atoms with E-state index in [1.807, 2.05) is 6.07 Å². The van der Waals surface area contributed by atoms with E-state index in [4.69, 9.17) is 17.3 Å². The molecule has 0 radical (unpaired) electrons. The summed E-state index contributed by atoms with van der Waals surface area (Å²) in [4.78, 5) is 1.44. The van der Waals surface area contributed by atoms with E-state index in [-0.39, 0.29) is 0 Å². The molecule has 0 aliphatic heterocycles. The molecule has 13 heavy (non-hydrogen) atoms. The van der Waals surface area contributed by atoms with E-state index in [2.05, 4.69) is 6.07 Å². The first kappa shape index (κ1) is 9.50. The Bertz CT molecular complexity index is 276. The van der Waals surface area contributed by atoms with E-state index in [1.165, 1.54) is 30.6 Å². The molecule has 0 aromatic carbocycles. The third-order valence-electron chi connectivity index (χ3n) is 2.77. The lowest BCUT2D eigenvalue weighted by Gasteiger charge is -2.24. The van der Waals surface area contributed by atoms with Crippen molar-refractivity contribution in [2.45, 2.75) is 37.6 Å². The van der Waals surface area contributed by atoms with Crippen LogP contribution < -0.4 is 5.73 Å². The van der Waals surface area contributed by atoms with Crippen molar-refractivity contribution in [1.82, 2.24) is 0 Å². The van der Waals surface area contributed by atoms with Crippen LogP contribution in [0.25, 0.3) is 0 Å². The molecule has 1 saturated carbocycles. The highest BCUT2D eigenvalue weighted by atomic mass is 35.5. The molecule has 1 nitrogen and oxygen atoms in total. The zero-order valence-corrected chi connectivity index (χ0v) is 9.07. The number of hydrogen-bond acceptors (Lipinski definition) is 2. The van der Waals surface area contributed by atoms with Gasteiger partial charge in [-0.15, -0.1) is 11.3 Å². The molecule has 1 aromatic rings. The zero-order valence-electron chi connectivity index (χ0n) is 7.50. The van der Waals surface area contributed by atoms with Gasteiger partial charge in [0, 0.05) is 10.9 Å². The van der Waals surface area contributed by atoms with Crippen molar-refractivity contribution in [3.8, 4) is 0 Å². The molecule has 0 unspecified atom stereocenters. The Balaban J connectivity index is 2.02. The molecule has 0 saturated heterocycles. The van der Waals surface area contributed by atoms with Crippen LogP contribution in [-0.4, -0.2) is 6.04 Å². The lowest BCUT2D eigenvalue weighted by molar-refractivity contribution is 0.399. The first-order chi connectivity index (χ1) is 6.25. The third-order valence-corrected chi connectivity index (χ3v) is 4.16. The van der Waals surface area contributed by atoms with Crippen molar-refractivity contribution >= 4 is 22.9 Å². The summed E-state index contributed by atoms with van der Waals surface area (Å²) in [5, 5.41) is 0. The fourth-order valence-electron chi connectivity index (χ4n) is 1.95. The Morgan fingerprint density at radius 1 is 1.23 bits per heavy atom. The largest absolute Gasteiger partial charge is 0.328 e. The predicted molar refractivity (Wildman–Crippen MR) is 58.5 cm³/mol. The highest BCUT2D eigenvalue weighted by Gasteiger charge is 2.20. The van der Waals surface area contributed by atoms with Gasteiger partial charge in [-0.25, -0.2) is 0 Å². The summed E-state index contributed by atoms with van der Waals surface area (Å²) in [6.45, 7) is 0. The monoisotopic (exact) mass is 215 g/mol. The topological polar surface area (TPSA) is 26.0 Å². The van der Waals surface area contributed by atoms with Crippen LogP contribution in [-0.2, 0) is 0 Å². The van der Waals surface area contributed by atoms with Crippen molar-refractivity contribution in [2.24, 2.45) is 5.73 Å². The van der Waals surface area contributed by atoms with Crippen LogP contribution in [0.3, 0.4) is 0 Å². The molecule has 2 rings (SSSR count). The van der Waals surface area contributed by atoms with Crippen LogP contribution in [0, 0.1) is 0 Å². The van der Waals surface area contributed by atoms with Crippen molar-refractivity contribution in [3.63, 3.8) is 0 Å². The van der Waals surface area contributed by atoms with E-state index in [0.29, 0.717) is 6.04 Å². The minimum absolute atomic E-state index is 0.437. The minimum atomic E-state index is 0.437. The fourth-order valence-corrected chi connectivity index (χ4v) is 3.18. The summed E-state index contributed by atoms with van der Waals surface area (Å²) >= 11 is 7.62. The molecule has 3 heteroatoms. The lowest BCUT2D eigenvalue weighted by Crippen LogP contribution is -2.25. The highest BCUT2D eigenvalue weighted by Crippen LogP contribution is 2.37. The van der Waals surface area contributed by atoms with Crippen LogP contribution in [0.2, 0.25) is 4.34 Å². The summed E-state index contributed by atoms with van der Waals surface area (Å²) in [6.07, 6.45) is 4.80. The molecule has 0 bridgehead atoms. The first-order valence-electron chi connectivity index (χ1n) is 4.76. The van der Waals surface area contributed by atoms with E-state index in [1.54, 1.807) is 11.3 Å². The van der Waals surface area contributed by atoms with E-state index in [9.17, 15) is 0 Å². The highest BCUT2D eigenvalue weighted by molar-refractivity contribution is 7.16. The molecule has 1 fully saturated rings. The predicted octanol–water partition coefficient (Wildman–Crippen LogP) is 3.39. The Labute approximate surface area is 87.9 Å². The van der Waals surface area contributed by atoms with Gasteiger partial charge in [-0.05, 0) is 43.7 Å². The maximum atomic E-state index is 5.90. The second kappa shape index (κ2) is 3.99. The summed E-state index contributed by atoms with van der Waals surface area (Å²) in [5.74, 6) is 0.720. The Kier molecular flexibility index (Phi) is 2.92. The fraction of sp³-hybridized carbons (Fsp3) is 0.600. The first-order valence-corrected chi connectivity index (χ1v) is 5.96. The summed E-state index contributed by atoms with van der Waals surface area (Å²) < 4.78 is 0.907. The Hall–Kier alpha value is -0.0500. The zero-order chi connectivity index (χ0) is 9.26. The van der Waals surface area contributed by atoms with Gasteiger partial charge in [0.05, 0.1) is 4.34 Å². The summed E-state index contributed by atoms with van der Waals surface area (Å²) in [6, 6.07) is 4.59. The minimum Gasteiger partial charge on any atom is -0.328 e. The van der Waals surface area contributed by atoms with Crippen LogP contribution in [0.1, 0.15) is 36.5 Å². The van der Waals surface area contributed by atoms with E-state index >= 15 is 0 Å². The molecule has 1 aliphatic rings. The molecule has 0 atom stereocenters. The van der Waals surface area contributed by atoms with Crippen molar-refractivity contribution in [1.29, 1.82) is 0 Å². The number of nitrogens with two attached hydrogens (primary N) is 1. The smallest absolute Gasteiger partial charge is 0.0931 e. The van der Waals surface area contributed by atoms with Crippen molar-refractivity contribution in [3.05, 3.63) is 21.3 Å². The standard InChI is InChI=1S/C10H14ClNS/c11-10-6-5-9(13-10)7-1-3-8(12)4-2-7/h5-8H,1-4,12H2. The average molecular weight is 216 g/mol. The summed E-state index contributed by atoms with van der Waals surface area (Å²) in [5.41, 5.74) is 5.86. The third kappa shape index (κ3) is 2.25. The van der Waals surface area contributed by atoms with Gasteiger partial charge in [-0.3, -0.25) is 0 Å². The van der Waals surface area contributed by atoms with Gasteiger partial charge in [0.25, 0.3) is 0 Å². The van der Waals surface area contributed by atoms with Crippen molar-refractivity contribution in [2.75, 3.05) is 0 Å². The molecule has 1 heterocycles. The number of rotatable bonds is 1.